The molecule has 1 aliphatic heterocycles. The molecule has 0 bridgehead atoms. The van der Waals surface area contributed by atoms with E-state index in [1.54, 1.807) is 0 Å². The predicted octanol–water partition coefficient (Wildman–Crippen LogP) is 1.78. The summed E-state index contributed by atoms with van der Waals surface area (Å²) >= 11 is 0. The van der Waals surface area contributed by atoms with Crippen LogP contribution in [0.15, 0.2) is 0 Å². The number of carboxylic acids is 1. The molecule has 0 spiro atoms. The predicted molar refractivity (Wildman–Crippen MR) is 127 cm³/mol. The Bertz CT molecular complexity index is 609. The summed E-state index contributed by atoms with van der Waals surface area (Å²) in [5.74, 6) is -2.50. The number of rotatable bonds is 15. The Morgan fingerprint density at radius 1 is 1.00 bits per heavy atom. The second kappa shape index (κ2) is 23.1. The van der Waals surface area contributed by atoms with Crippen LogP contribution in [0, 0.1) is 0 Å². The summed E-state index contributed by atoms with van der Waals surface area (Å²) in [7, 11) is -4.78. The van der Waals surface area contributed by atoms with Crippen LogP contribution in [0.1, 0.15) is 90.4 Å². The number of amides is 1. The summed E-state index contributed by atoms with van der Waals surface area (Å²) in [6.45, 7) is 3.10. The van der Waals surface area contributed by atoms with Crippen molar-refractivity contribution in [2.45, 2.75) is 95.6 Å². The van der Waals surface area contributed by atoms with E-state index in [2.05, 4.69) is 12.2 Å². The Morgan fingerprint density at radius 3 is 1.84 bits per heavy atom. The Labute approximate surface area is 236 Å². The van der Waals surface area contributed by atoms with Gasteiger partial charge in [0.05, 0.1) is 13.0 Å². The summed E-state index contributed by atoms with van der Waals surface area (Å²) in [6.07, 6.45) is 11.9. The van der Waals surface area contributed by atoms with E-state index < -0.39 is 33.7 Å². The van der Waals surface area contributed by atoms with Crippen LogP contribution in [0.5, 0.6) is 0 Å². The number of unbranched alkanes of at least 4 members (excludes halogenated alkanes) is 9. The Balaban J connectivity index is -0.000000901. The minimum absolute atomic E-state index is 0. The van der Waals surface area contributed by atoms with Crippen molar-refractivity contribution in [3.05, 3.63) is 0 Å². The molecule has 0 aromatic rings. The average molecular weight is 500 g/mol. The van der Waals surface area contributed by atoms with E-state index in [9.17, 15) is 22.8 Å². The molecule has 0 aliphatic carbocycles. The minimum atomic E-state index is -4.78. The second-order valence-electron chi connectivity index (χ2n) is 7.40. The van der Waals surface area contributed by atoms with Gasteiger partial charge >= 0.3 is 71.1 Å². The van der Waals surface area contributed by atoms with Gasteiger partial charge in [-0.25, -0.2) is 0 Å². The third-order valence-electron chi connectivity index (χ3n) is 4.63. The van der Waals surface area contributed by atoms with Crippen LogP contribution in [-0.4, -0.2) is 113 Å². The third-order valence-corrected chi connectivity index (χ3v) is 5.71. The number of nitrogens with one attached hydrogen (secondary N) is 1. The SMILES string of the molecule is CCCCCCCCCCCCOC(=O)C(CC(=O)O)S(=O)(=O)O.O=C1CCCN1.[NaH].[NaH]. The molecule has 1 atom stereocenters. The van der Waals surface area contributed by atoms with E-state index in [4.69, 9.17) is 14.4 Å². The molecule has 1 amide bonds. The molecule has 1 heterocycles. The standard InChI is InChI=1S/C16H30O7S.C4H7NO.2Na.2H/c1-2-3-4-5-6-7-8-9-10-11-12-23-16(19)14(13-15(17)18)24(20,21)22;6-4-2-1-3-5-4;;;;/h14H,2-13H2,1H3,(H,17,18)(H,20,21,22);1-3H2,(H,5,6);;;;. The molecule has 0 radical (unpaired) electrons. The van der Waals surface area contributed by atoms with Crippen LogP contribution in [0.3, 0.4) is 0 Å². The summed E-state index contributed by atoms with van der Waals surface area (Å²) in [5.41, 5.74) is 0. The van der Waals surface area contributed by atoms with Crippen molar-refractivity contribution < 1.29 is 37.2 Å². The van der Waals surface area contributed by atoms with Gasteiger partial charge in [-0.2, -0.15) is 8.42 Å². The molecule has 1 aliphatic rings. The van der Waals surface area contributed by atoms with Crippen LogP contribution < -0.4 is 5.32 Å². The van der Waals surface area contributed by atoms with E-state index >= 15 is 0 Å². The maximum absolute atomic E-state index is 11.6. The molecule has 180 valence electrons. The zero-order chi connectivity index (χ0) is 22.8. The molecule has 12 heteroatoms. The summed E-state index contributed by atoms with van der Waals surface area (Å²) < 4.78 is 35.6. The monoisotopic (exact) mass is 499 g/mol. The Morgan fingerprint density at radius 2 is 1.50 bits per heavy atom. The van der Waals surface area contributed by atoms with Gasteiger partial charge < -0.3 is 15.2 Å². The average Bonchev–Trinajstić information content (AvgIpc) is 3.14. The number of aliphatic carboxylic acids is 1. The first-order valence-corrected chi connectivity index (χ1v) is 12.3. The zero-order valence-corrected chi connectivity index (χ0v) is 18.8. The van der Waals surface area contributed by atoms with Gasteiger partial charge in [0.25, 0.3) is 10.1 Å². The van der Waals surface area contributed by atoms with E-state index in [1.165, 1.54) is 38.5 Å². The first kappa shape index (κ1) is 36.9. The Hall–Kier alpha value is 0.320. The molecule has 1 saturated heterocycles. The van der Waals surface area contributed by atoms with Gasteiger partial charge in [-0.3, -0.25) is 18.9 Å². The van der Waals surface area contributed by atoms with Gasteiger partial charge in [0.1, 0.15) is 0 Å². The number of carbonyl (C=O) groups is 3. The van der Waals surface area contributed by atoms with Crippen molar-refractivity contribution >= 4 is 87.1 Å². The number of carboxylic acid groups (broad SMARTS) is 1. The number of carbonyl (C=O) groups excluding carboxylic acids is 2. The van der Waals surface area contributed by atoms with E-state index in [-0.39, 0.29) is 71.6 Å². The molecule has 1 fully saturated rings. The van der Waals surface area contributed by atoms with E-state index in [1.807, 2.05) is 0 Å². The van der Waals surface area contributed by atoms with Crippen molar-refractivity contribution in [3.8, 4) is 0 Å². The van der Waals surface area contributed by atoms with Crippen LogP contribution in [0.2, 0.25) is 0 Å². The number of hydrogen-bond donors (Lipinski definition) is 3. The first-order chi connectivity index (χ1) is 14.2. The quantitative estimate of drug-likeness (QED) is 0.134. The normalized spacial score (nSPS) is 13.5. The fraction of sp³-hybridized carbons (Fsp3) is 0.850. The van der Waals surface area contributed by atoms with Gasteiger partial charge in [0.15, 0.2) is 5.25 Å². The Kier molecular flexibility index (Phi) is 26.6. The van der Waals surface area contributed by atoms with Gasteiger partial charge in [0.2, 0.25) is 5.91 Å². The molecule has 9 nitrogen and oxygen atoms in total. The van der Waals surface area contributed by atoms with Crippen LogP contribution in [0.4, 0.5) is 0 Å². The molecule has 0 saturated carbocycles. The van der Waals surface area contributed by atoms with Crippen molar-refractivity contribution in [2.75, 3.05) is 13.2 Å². The zero-order valence-electron chi connectivity index (χ0n) is 17.9. The number of ether oxygens (including phenoxy) is 1. The van der Waals surface area contributed by atoms with Crippen molar-refractivity contribution in [1.82, 2.24) is 5.32 Å². The number of esters is 1. The number of hydrogen-bond acceptors (Lipinski definition) is 6. The van der Waals surface area contributed by atoms with E-state index in [0.29, 0.717) is 6.42 Å². The molecule has 0 aromatic carbocycles. The van der Waals surface area contributed by atoms with Crippen LogP contribution in [0.25, 0.3) is 0 Å². The second-order valence-corrected chi connectivity index (χ2v) is 9.00. The van der Waals surface area contributed by atoms with Gasteiger partial charge in [0, 0.05) is 13.0 Å². The van der Waals surface area contributed by atoms with Crippen molar-refractivity contribution in [3.63, 3.8) is 0 Å². The maximum atomic E-state index is 11.6. The van der Waals surface area contributed by atoms with Gasteiger partial charge in [-0.15, -0.1) is 0 Å². The topological polar surface area (TPSA) is 147 Å². The molecule has 0 aromatic heterocycles. The molecule has 1 unspecified atom stereocenters. The molecular weight excluding hydrogens is 460 g/mol. The summed E-state index contributed by atoms with van der Waals surface area (Å²) in [6, 6.07) is 0. The van der Waals surface area contributed by atoms with Crippen molar-refractivity contribution in [2.24, 2.45) is 0 Å². The molecular formula is C20H39NNa2O8S. The van der Waals surface area contributed by atoms with Crippen LogP contribution in [-0.2, 0) is 29.2 Å². The molecule has 1 rings (SSSR count). The van der Waals surface area contributed by atoms with Gasteiger partial charge in [-0.05, 0) is 12.8 Å². The van der Waals surface area contributed by atoms with Crippen molar-refractivity contribution in [1.29, 1.82) is 0 Å². The fourth-order valence-corrected chi connectivity index (χ4v) is 3.55. The summed E-state index contributed by atoms with van der Waals surface area (Å²) in [4.78, 5) is 32.2. The third kappa shape index (κ3) is 22.1. The van der Waals surface area contributed by atoms with E-state index in [0.717, 1.165) is 38.6 Å². The van der Waals surface area contributed by atoms with Gasteiger partial charge in [-0.1, -0.05) is 64.7 Å². The first-order valence-electron chi connectivity index (χ1n) is 10.8. The summed E-state index contributed by atoms with van der Waals surface area (Å²) in [5, 5.41) is 9.20. The van der Waals surface area contributed by atoms with Crippen LogP contribution >= 0.6 is 0 Å². The fourth-order valence-electron chi connectivity index (χ4n) is 2.89. The molecule has 3 N–H and O–H groups in total. The molecule has 32 heavy (non-hydrogen) atoms.